The van der Waals surface area contributed by atoms with Gasteiger partial charge in [-0.05, 0) is 56.9 Å². The lowest BCUT2D eigenvalue weighted by atomic mass is 10.1. The molecule has 1 aromatic rings. The van der Waals surface area contributed by atoms with Gasteiger partial charge in [-0.2, -0.15) is 0 Å². The minimum atomic E-state index is -0.400. The first-order valence-corrected chi connectivity index (χ1v) is 6.74. The van der Waals surface area contributed by atoms with Crippen LogP contribution in [0.4, 0.5) is 0 Å². The Morgan fingerprint density at radius 3 is 2.45 bits per heavy atom. The van der Waals surface area contributed by atoms with Crippen LogP contribution in [0.5, 0.6) is 5.75 Å². The van der Waals surface area contributed by atoms with Gasteiger partial charge in [0.1, 0.15) is 5.75 Å². The summed E-state index contributed by atoms with van der Waals surface area (Å²) in [5, 5.41) is 2.81. The molecule has 1 saturated carbocycles. The van der Waals surface area contributed by atoms with Crippen molar-refractivity contribution in [2.24, 2.45) is 11.7 Å². The molecule has 1 fully saturated rings. The molecule has 0 bridgehead atoms. The molecule has 20 heavy (non-hydrogen) atoms. The molecule has 5 heteroatoms. The van der Waals surface area contributed by atoms with E-state index in [1.54, 1.807) is 12.1 Å². The first-order valence-electron chi connectivity index (χ1n) is 6.74. The predicted octanol–water partition coefficient (Wildman–Crippen LogP) is 2.36. The molecular formula is C15H23ClN2O2. The van der Waals surface area contributed by atoms with Gasteiger partial charge < -0.3 is 15.8 Å². The maximum atomic E-state index is 11.9. The monoisotopic (exact) mass is 298 g/mol. The van der Waals surface area contributed by atoms with Gasteiger partial charge in [0.25, 0.3) is 5.91 Å². The quantitative estimate of drug-likeness (QED) is 0.847. The van der Waals surface area contributed by atoms with Crippen LogP contribution in [-0.2, 0) is 0 Å². The van der Waals surface area contributed by atoms with Crippen LogP contribution in [-0.4, -0.2) is 24.6 Å². The van der Waals surface area contributed by atoms with Crippen LogP contribution in [0.3, 0.4) is 0 Å². The molecule has 0 unspecified atom stereocenters. The average molecular weight is 299 g/mol. The number of hydrogen-bond donors (Lipinski definition) is 2. The summed E-state index contributed by atoms with van der Waals surface area (Å²) in [6, 6.07) is 7.23. The van der Waals surface area contributed by atoms with Crippen molar-refractivity contribution in [1.29, 1.82) is 0 Å². The highest BCUT2D eigenvalue weighted by Gasteiger charge is 2.21. The Morgan fingerprint density at radius 1 is 1.35 bits per heavy atom. The molecule has 4 nitrogen and oxygen atoms in total. The highest BCUT2D eigenvalue weighted by molar-refractivity contribution is 5.94. The normalized spacial score (nSPS) is 14.3. The van der Waals surface area contributed by atoms with Crippen LogP contribution in [0.25, 0.3) is 0 Å². The van der Waals surface area contributed by atoms with Crippen molar-refractivity contribution in [2.75, 3.05) is 13.2 Å². The molecule has 2 rings (SSSR count). The van der Waals surface area contributed by atoms with Gasteiger partial charge in [-0.15, -0.1) is 12.4 Å². The molecule has 112 valence electrons. The molecule has 3 N–H and O–H groups in total. The Kier molecular flexibility index (Phi) is 5.84. The van der Waals surface area contributed by atoms with Crippen molar-refractivity contribution in [3.63, 3.8) is 0 Å². The van der Waals surface area contributed by atoms with Crippen molar-refractivity contribution < 1.29 is 9.53 Å². The maximum Gasteiger partial charge on any atom is 0.251 e. The Labute approximate surface area is 126 Å². The Morgan fingerprint density at radius 2 is 1.95 bits per heavy atom. The second kappa shape index (κ2) is 6.95. The van der Waals surface area contributed by atoms with Gasteiger partial charge in [-0.3, -0.25) is 4.79 Å². The lowest BCUT2D eigenvalue weighted by Crippen LogP contribution is -2.45. The first kappa shape index (κ1) is 16.8. The molecule has 0 heterocycles. The average Bonchev–Trinajstić information content (AvgIpc) is 3.17. The lowest BCUT2D eigenvalue weighted by molar-refractivity contribution is 0.0946. The van der Waals surface area contributed by atoms with Gasteiger partial charge in [0.2, 0.25) is 0 Å². The molecule has 1 aliphatic carbocycles. The summed E-state index contributed by atoms with van der Waals surface area (Å²) < 4.78 is 5.63. The molecule has 0 atom stereocenters. The number of nitrogens with two attached hydrogens (primary N) is 1. The summed E-state index contributed by atoms with van der Waals surface area (Å²) in [6.07, 6.45) is 2.55. The van der Waals surface area contributed by atoms with Gasteiger partial charge in [0.05, 0.1) is 6.61 Å². The summed E-state index contributed by atoms with van der Waals surface area (Å²) in [4.78, 5) is 11.9. The molecule has 0 aliphatic heterocycles. The summed E-state index contributed by atoms with van der Waals surface area (Å²) >= 11 is 0. The van der Waals surface area contributed by atoms with E-state index in [0.717, 1.165) is 18.3 Å². The number of carbonyl (C=O) groups is 1. The smallest absolute Gasteiger partial charge is 0.251 e. The van der Waals surface area contributed by atoms with E-state index in [1.165, 1.54) is 12.8 Å². The van der Waals surface area contributed by atoms with Crippen molar-refractivity contribution in [2.45, 2.75) is 32.2 Å². The van der Waals surface area contributed by atoms with E-state index in [0.29, 0.717) is 12.1 Å². The molecule has 0 aromatic heterocycles. The third-order valence-electron chi connectivity index (χ3n) is 3.00. The van der Waals surface area contributed by atoms with Gasteiger partial charge in [-0.25, -0.2) is 0 Å². The number of rotatable bonds is 6. The van der Waals surface area contributed by atoms with E-state index in [-0.39, 0.29) is 18.3 Å². The van der Waals surface area contributed by atoms with Crippen molar-refractivity contribution in [3.8, 4) is 5.75 Å². The van der Waals surface area contributed by atoms with Crippen LogP contribution >= 0.6 is 12.4 Å². The van der Waals surface area contributed by atoms with E-state index in [4.69, 9.17) is 10.5 Å². The molecule has 0 saturated heterocycles. The van der Waals surface area contributed by atoms with Crippen LogP contribution in [0.2, 0.25) is 0 Å². The summed E-state index contributed by atoms with van der Waals surface area (Å²) in [5.41, 5.74) is 6.05. The Hall–Kier alpha value is -1.26. The highest BCUT2D eigenvalue weighted by atomic mass is 35.5. The van der Waals surface area contributed by atoms with Crippen LogP contribution < -0.4 is 15.8 Å². The van der Waals surface area contributed by atoms with E-state index >= 15 is 0 Å². The van der Waals surface area contributed by atoms with Gasteiger partial charge in [0, 0.05) is 17.6 Å². The van der Waals surface area contributed by atoms with E-state index in [2.05, 4.69) is 5.32 Å². The SMILES string of the molecule is CC(C)(N)CNC(=O)c1ccc(OCC2CC2)cc1.Cl. The highest BCUT2D eigenvalue weighted by Crippen LogP contribution is 2.29. The zero-order valence-electron chi connectivity index (χ0n) is 12.0. The largest absolute Gasteiger partial charge is 0.493 e. The number of ether oxygens (including phenoxy) is 1. The molecule has 1 aliphatic rings. The first-order chi connectivity index (χ1) is 8.94. The Balaban J connectivity index is 0.00000200. The lowest BCUT2D eigenvalue weighted by Gasteiger charge is -2.18. The second-order valence-electron chi connectivity index (χ2n) is 5.95. The number of nitrogens with one attached hydrogen (secondary N) is 1. The predicted molar refractivity (Wildman–Crippen MR) is 82.5 cm³/mol. The summed E-state index contributed by atoms with van der Waals surface area (Å²) in [5.74, 6) is 1.45. The maximum absolute atomic E-state index is 11.9. The summed E-state index contributed by atoms with van der Waals surface area (Å²) in [6.45, 7) is 4.99. The fraction of sp³-hybridized carbons (Fsp3) is 0.533. The fourth-order valence-corrected chi connectivity index (χ4v) is 1.61. The molecule has 1 aromatic carbocycles. The second-order valence-corrected chi connectivity index (χ2v) is 5.95. The van der Waals surface area contributed by atoms with E-state index in [9.17, 15) is 4.79 Å². The van der Waals surface area contributed by atoms with Crippen molar-refractivity contribution in [1.82, 2.24) is 5.32 Å². The minimum Gasteiger partial charge on any atom is -0.493 e. The third kappa shape index (κ3) is 5.80. The van der Waals surface area contributed by atoms with Gasteiger partial charge in [-0.1, -0.05) is 0 Å². The van der Waals surface area contributed by atoms with Crippen LogP contribution in [0.1, 0.15) is 37.0 Å². The standard InChI is InChI=1S/C15H22N2O2.ClH/c1-15(2,16)10-17-14(18)12-5-7-13(8-6-12)19-9-11-3-4-11;/h5-8,11H,3-4,9-10,16H2,1-2H3,(H,17,18);1H. The fourth-order valence-electron chi connectivity index (χ4n) is 1.61. The number of halogens is 1. The molecule has 0 radical (unpaired) electrons. The van der Waals surface area contributed by atoms with Crippen LogP contribution in [0.15, 0.2) is 24.3 Å². The van der Waals surface area contributed by atoms with Crippen molar-refractivity contribution >= 4 is 18.3 Å². The molecule has 0 spiro atoms. The minimum absolute atomic E-state index is 0. The number of carbonyl (C=O) groups excluding carboxylic acids is 1. The topological polar surface area (TPSA) is 64.3 Å². The van der Waals surface area contributed by atoms with Crippen molar-refractivity contribution in [3.05, 3.63) is 29.8 Å². The van der Waals surface area contributed by atoms with Crippen LogP contribution in [0, 0.1) is 5.92 Å². The molecule has 1 amide bonds. The zero-order chi connectivity index (χ0) is 13.9. The number of amides is 1. The van der Waals surface area contributed by atoms with Gasteiger partial charge in [0.15, 0.2) is 0 Å². The zero-order valence-corrected chi connectivity index (χ0v) is 12.8. The summed E-state index contributed by atoms with van der Waals surface area (Å²) in [7, 11) is 0. The van der Waals surface area contributed by atoms with E-state index < -0.39 is 5.54 Å². The third-order valence-corrected chi connectivity index (χ3v) is 3.00. The number of benzene rings is 1. The van der Waals surface area contributed by atoms with Gasteiger partial charge >= 0.3 is 0 Å². The molecular weight excluding hydrogens is 276 g/mol. The van der Waals surface area contributed by atoms with E-state index in [1.807, 2.05) is 26.0 Å². The Bertz CT molecular complexity index is 436. The number of hydrogen-bond acceptors (Lipinski definition) is 3.